The van der Waals surface area contributed by atoms with Crippen molar-refractivity contribution in [2.75, 3.05) is 4.90 Å². The van der Waals surface area contributed by atoms with Gasteiger partial charge in [0, 0.05) is 58.0 Å². The molecular formula is C50H29N3S2. The molecule has 8 aromatic carbocycles. The molecule has 0 unspecified atom stereocenters. The Morgan fingerprint density at radius 3 is 1.95 bits per heavy atom. The second-order valence-electron chi connectivity index (χ2n) is 14.1. The summed E-state index contributed by atoms with van der Waals surface area (Å²) in [4.78, 5) is 13.4. The molecule has 5 heteroatoms. The van der Waals surface area contributed by atoms with Gasteiger partial charge < -0.3 is 4.90 Å². The number of rotatable bonds is 4. The van der Waals surface area contributed by atoms with E-state index in [2.05, 4.69) is 181 Å². The number of anilines is 3. The van der Waals surface area contributed by atoms with Crippen molar-refractivity contribution < 1.29 is 0 Å². The Morgan fingerprint density at radius 2 is 1.09 bits per heavy atom. The highest BCUT2D eigenvalue weighted by Crippen LogP contribution is 2.53. The van der Waals surface area contributed by atoms with Crippen LogP contribution in [-0.4, -0.2) is 9.97 Å². The second-order valence-corrected chi connectivity index (χ2v) is 16.2. The molecule has 1 aliphatic heterocycles. The molecule has 4 heterocycles. The number of nitrogens with zero attached hydrogens (tertiary/aromatic N) is 3. The number of thiophene rings is 2. The maximum atomic E-state index is 5.52. The van der Waals surface area contributed by atoms with E-state index in [4.69, 9.17) is 9.97 Å². The average molecular weight is 736 g/mol. The molecule has 3 aromatic heterocycles. The Bertz CT molecular complexity index is 3330. The normalized spacial score (nSPS) is 12.3. The summed E-state index contributed by atoms with van der Waals surface area (Å²) in [5, 5.41) is 6.06. The molecule has 0 N–H and O–H groups in total. The molecule has 0 fully saturated rings. The predicted molar refractivity (Wildman–Crippen MR) is 235 cm³/mol. The van der Waals surface area contributed by atoms with Gasteiger partial charge in [0.1, 0.15) is 0 Å². The van der Waals surface area contributed by atoms with Crippen molar-refractivity contribution in [1.82, 2.24) is 9.97 Å². The van der Waals surface area contributed by atoms with E-state index in [9.17, 15) is 0 Å². The quantitative estimate of drug-likeness (QED) is 0.180. The molecule has 11 aromatic rings. The van der Waals surface area contributed by atoms with Crippen molar-refractivity contribution in [2.45, 2.75) is 0 Å². The highest BCUT2D eigenvalue weighted by molar-refractivity contribution is 7.26. The Kier molecular flexibility index (Phi) is 6.67. The van der Waals surface area contributed by atoms with E-state index in [1.54, 1.807) is 11.3 Å². The van der Waals surface area contributed by atoms with Crippen LogP contribution in [0.2, 0.25) is 0 Å². The fraction of sp³-hybridized carbons (Fsp3) is 0. The Balaban J connectivity index is 1.12. The highest BCUT2D eigenvalue weighted by Gasteiger charge is 2.28. The minimum Gasteiger partial charge on any atom is -0.309 e. The summed E-state index contributed by atoms with van der Waals surface area (Å²) in [6, 6.07) is 63.6. The van der Waals surface area contributed by atoms with Crippen molar-refractivity contribution in [1.29, 1.82) is 0 Å². The molecule has 3 nitrogen and oxygen atoms in total. The second kappa shape index (κ2) is 11.9. The first-order valence-corrected chi connectivity index (χ1v) is 20.1. The average Bonchev–Trinajstić information content (AvgIpc) is 3.82. The summed E-state index contributed by atoms with van der Waals surface area (Å²) in [7, 11) is 0. The largest absolute Gasteiger partial charge is 0.309 e. The van der Waals surface area contributed by atoms with Crippen LogP contribution in [0.1, 0.15) is 0 Å². The molecule has 0 atom stereocenters. The molecule has 0 radical (unpaired) electrons. The third-order valence-corrected chi connectivity index (χ3v) is 13.3. The van der Waals surface area contributed by atoms with Crippen LogP contribution in [0.3, 0.4) is 0 Å². The lowest BCUT2D eigenvalue weighted by Crippen LogP contribution is -2.15. The Morgan fingerprint density at radius 1 is 0.400 bits per heavy atom. The molecule has 0 spiro atoms. The van der Waals surface area contributed by atoms with E-state index in [0.29, 0.717) is 0 Å². The van der Waals surface area contributed by atoms with Crippen LogP contribution in [0.15, 0.2) is 176 Å². The molecule has 1 aliphatic rings. The van der Waals surface area contributed by atoms with Crippen molar-refractivity contribution >= 4 is 91.0 Å². The third kappa shape index (κ3) is 4.67. The van der Waals surface area contributed by atoms with Gasteiger partial charge >= 0.3 is 0 Å². The highest BCUT2D eigenvalue weighted by atomic mass is 32.1. The van der Waals surface area contributed by atoms with Crippen molar-refractivity contribution in [3.8, 4) is 44.9 Å². The zero-order chi connectivity index (χ0) is 36.0. The van der Waals surface area contributed by atoms with Crippen LogP contribution >= 0.6 is 22.7 Å². The fourth-order valence-corrected chi connectivity index (χ4v) is 10.8. The number of aromatic nitrogens is 2. The number of hydrogen-bond donors (Lipinski definition) is 0. The molecule has 0 saturated carbocycles. The van der Waals surface area contributed by atoms with Gasteiger partial charge in [-0.25, -0.2) is 9.97 Å². The van der Waals surface area contributed by atoms with Crippen molar-refractivity contribution in [3.05, 3.63) is 176 Å². The summed E-state index contributed by atoms with van der Waals surface area (Å²) in [5.74, 6) is 0.738. The molecule has 55 heavy (non-hydrogen) atoms. The number of benzene rings is 8. The number of hydrogen-bond acceptors (Lipinski definition) is 5. The van der Waals surface area contributed by atoms with Gasteiger partial charge in [0.05, 0.1) is 27.3 Å². The minimum atomic E-state index is 0.738. The van der Waals surface area contributed by atoms with Crippen molar-refractivity contribution in [3.63, 3.8) is 0 Å². The lowest BCUT2D eigenvalue weighted by molar-refractivity contribution is 1.24. The zero-order valence-corrected chi connectivity index (χ0v) is 31.0. The van der Waals surface area contributed by atoms with Crippen molar-refractivity contribution in [2.24, 2.45) is 0 Å². The van der Waals surface area contributed by atoms with Gasteiger partial charge in [0.15, 0.2) is 5.82 Å². The number of para-hydroxylation sites is 1. The van der Waals surface area contributed by atoms with Crippen LogP contribution in [0.25, 0.3) is 96.1 Å². The summed E-state index contributed by atoms with van der Waals surface area (Å²) < 4.78 is 4.92. The van der Waals surface area contributed by atoms with Gasteiger partial charge in [0.25, 0.3) is 0 Å². The molecule has 0 amide bonds. The van der Waals surface area contributed by atoms with E-state index in [1.807, 2.05) is 11.3 Å². The summed E-state index contributed by atoms with van der Waals surface area (Å²) >= 11 is 3.62. The third-order valence-electron chi connectivity index (χ3n) is 11.0. The smallest absolute Gasteiger partial charge is 0.161 e. The fourth-order valence-electron chi connectivity index (χ4n) is 8.51. The Labute approximate surface area is 325 Å². The van der Waals surface area contributed by atoms with E-state index < -0.39 is 0 Å². The monoisotopic (exact) mass is 735 g/mol. The van der Waals surface area contributed by atoms with Gasteiger partial charge in [-0.1, -0.05) is 121 Å². The summed E-state index contributed by atoms with van der Waals surface area (Å²) in [6.07, 6.45) is 0. The predicted octanol–water partition coefficient (Wildman–Crippen LogP) is 14.8. The van der Waals surface area contributed by atoms with Crippen LogP contribution in [0.4, 0.5) is 17.1 Å². The Hall–Kier alpha value is -6.66. The molecule has 0 aliphatic carbocycles. The maximum absolute atomic E-state index is 5.52. The molecule has 0 saturated heterocycles. The topological polar surface area (TPSA) is 29.0 Å². The molecule has 12 rings (SSSR count). The first kappa shape index (κ1) is 30.8. The minimum absolute atomic E-state index is 0.738. The van der Waals surface area contributed by atoms with E-state index in [1.165, 1.54) is 58.2 Å². The number of fused-ring (bicyclic) bond motifs is 8. The first-order chi connectivity index (χ1) is 27.3. The summed E-state index contributed by atoms with van der Waals surface area (Å²) in [5.41, 5.74) is 12.4. The van der Waals surface area contributed by atoms with Gasteiger partial charge in [-0.15, -0.1) is 22.7 Å². The van der Waals surface area contributed by atoms with Gasteiger partial charge in [0.2, 0.25) is 0 Å². The summed E-state index contributed by atoms with van der Waals surface area (Å²) in [6.45, 7) is 0. The lowest BCUT2D eigenvalue weighted by Gasteiger charge is -2.34. The maximum Gasteiger partial charge on any atom is 0.161 e. The van der Waals surface area contributed by atoms with E-state index >= 15 is 0 Å². The van der Waals surface area contributed by atoms with Gasteiger partial charge in [-0.3, -0.25) is 0 Å². The SMILES string of the molecule is c1ccc(-c2ccc3c(c2)N(c2ccccc2)c2ccc(-c4nc(-c5ccc6sc7ccccc7c6c5)c5sc6ccccc6c5n4)c4cccc-3c24)cc1. The van der Waals surface area contributed by atoms with Gasteiger partial charge in [-0.05, 0) is 76.7 Å². The van der Waals surface area contributed by atoms with Crippen LogP contribution < -0.4 is 4.90 Å². The van der Waals surface area contributed by atoms with Crippen LogP contribution in [0, 0.1) is 0 Å². The van der Waals surface area contributed by atoms with E-state index in [0.717, 1.165) is 55.0 Å². The van der Waals surface area contributed by atoms with E-state index in [-0.39, 0.29) is 0 Å². The zero-order valence-electron chi connectivity index (χ0n) is 29.4. The van der Waals surface area contributed by atoms with Crippen LogP contribution in [-0.2, 0) is 0 Å². The first-order valence-electron chi connectivity index (χ1n) is 18.5. The lowest BCUT2D eigenvalue weighted by atomic mass is 9.87. The molecule has 256 valence electrons. The molecular weight excluding hydrogens is 707 g/mol. The van der Waals surface area contributed by atoms with Gasteiger partial charge in [-0.2, -0.15) is 0 Å². The molecule has 0 bridgehead atoms. The standard InChI is InChI=1S/C50H29N3S2/c1-3-12-30(13-4-1)31-22-24-34-36-18-11-19-37-38(25-26-41(46(36)37)53(42(34)29-31)33-14-5-2-6-15-33)50-51-47(49-48(52-50)39-17-8-10-21-44(39)55-49)32-23-27-45-40(28-32)35-16-7-9-20-43(35)54-45/h1-29H. The van der Waals surface area contributed by atoms with Crippen LogP contribution in [0.5, 0.6) is 0 Å².